The van der Waals surface area contributed by atoms with E-state index in [4.69, 9.17) is 0 Å². The molecule has 0 radical (unpaired) electrons. The maximum Gasteiger partial charge on any atom is -0.0577 e. The zero-order chi connectivity index (χ0) is 18.1. The van der Waals surface area contributed by atoms with E-state index in [0.717, 1.165) is 32.7 Å². The summed E-state index contributed by atoms with van der Waals surface area (Å²) in [6.07, 6.45) is 17.7. The van der Waals surface area contributed by atoms with E-state index in [1.54, 1.807) is 6.92 Å². The van der Waals surface area contributed by atoms with Crippen molar-refractivity contribution >= 4 is 0 Å². The number of rotatable bonds is 1. The first-order chi connectivity index (χ1) is 10.9. The summed E-state index contributed by atoms with van der Waals surface area (Å²) in [5.74, 6) is 1.83. The van der Waals surface area contributed by atoms with Crippen molar-refractivity contribution in [3.63, 3.8) is 0 Å². The molecular weight excluding hydrogens is 447 g/mol. The summed E-state index contributed by atoms with van der Waals surface area (Å²) in [6.45, 7) is 15.9. The van der Waals surface area contributed by atoms with Gasteiger partial charge in [-0.1, -0.05) is 58.8 Å². The molecule has 0 amide bonds. The minimum atomic E-state index is 0.216. The zero-order valence-corrected chi connectivity index (χ0v) is 20.0. The van der Waals surface area contributed by atoms with Gasteiger partial charge in [-0.15, -0.1) is 0 Å². The summed E-state index contributed by atoms with van der Waals surface area (Å²) in [7, 11) is 0. The second-order valence-electron chi connectivity index (χ2n) is 7.47. The van der Waals surface area contributed by atoms with Gasteiger partial charge in [0.05, 0.1) is 0 Å². The van der Waals surface area contributed by atoms with Crippen LogP contribution in [-0.4, -0.2) is 5.54 Å². The molecule has 1 nitrogen and oxygen atoms in total. The molecule has 0 N–H and O–H groups in total. The Hall–Kier alpha value is 0.540. The molecule has 0 heterocycles. The topological polar surface area (TPSA) is 12.4 Å². The molecule has 2 atom stereocenters. The summed E-state index contributed by atoms with van der Waals surface area (Å²) < 4.78 is 4.13. The molecule has 2 aliphatic carbocycles. The van der Waals surface area contributed by atoms with E-state index in [-0.39, 0.29) is 5.54 Å². The van der Waals surface area contributed by atoms with E-state index in [0.29, 0.717) is 0 Å². The Kier molecular flexibility index (Phi) is 19.5. The normalized spacial score (nSPS) is 23.7. The van der Waals surface area contributed by atoms with E-state index < -0.39 is 0 Å². The van der Waals surface area contributed by atoms with Crippen LogP contribution in [0.1, 0.15) is 99.3 Å². The van der Waals surface area contributed by atoms with Gasteiger partial charge in [0.25, 0.3) is 0 Å². The molecule has 0 aromatic carbocycles. The van der Waals surface area contributed by atoms with Crippen molar-refractivity contribution in [1.82, 2.24) is 0 Å². The molecule has 2 aliphatic rings. The van der Waals surface area contributed by atoms with E-state index in [2.05, 4.69) is 57.7 Å². The Labute approximate surface area is 160 Å². The third-order valence-corrected chi connectivity index (χ3v) is 6.13. The first kappa shape index (κ1) is 25.8. The maximum atomic E-state index is 4.13. The predicted molar refractivity (Wildman–Crippen MR) is 102 cm³/mol. The summed E-state index contributed by atoms with van der Waals surface area (Å²) in [5.41, 5.74) is 0.216. The standard InChI is InChI=1S/C9H17.C6H11.C4H9N.C2H5.Ta/c1-3-9-6-4-5-8(2)7-9;1-2-4-6-5-3-1;1-4(2,3)5;1-2;/h7-9H,3-6H2,1-2H3;1H,2-6H2;1-3H3;1H2,2H3;/q2*-1;;-1;. The van der Waals surface area contributed by atoms with Crippen molar-refractivity contribution < 1.29 is 20.9 Å². The number of hydrogen-bond acceptors (Lipinski definition) is 1. The van der Waals surface area contributed by atoms with Crippen molar-refractivity contribution in [3.8, 4) is 0 Å². The second-order valence-corrected chi connectivity index (χ2v) is 8.19. The molecule has 0 aromatic rings. The quantitative estimate of drug-likeness (QED) is 0.337. The largest absolute Gasteiger partial charge is 0.346 e. The third kappa shape index (κ3) is 20.5. The van der Waals surface area contributed by atoms with Gasteiger partial charge in [0.15, 0.2) is 0 Å². The Balaban J connectivity index is 0. The van der Waals surface area contributed by atoms with Crippen molar-refractivity contribution in [2.24, 2.45) is 15.2 Å². The fourth-order valence-corrected chi connectivity index (χ4v) is 2.60. The summed E-state index contributed by atoms with van der Waals surface area (Å²) in [4.78, 5) is 0. The van der Waals surface area contributed by atoms with Crippen molar-refractivity contribution in [3.05, 3.63) is 19.8 Å². The van der Waals surface area contributed by atoms with Crippen LogP contribution >= 0.6 is 0 Å². The van der Waals surface area contributed by atoms with Gasteiger partial charge >= 0.3 is 50.5 Å². The average molecular weight is 490 g/mol. The van der Waals surface area contributed by atoms with Crippen LogP contribution in [0.4, 0.5) is 0 Å². The molecule has 2 rings (SSSR count). The van der Waals surface area contributed by atoms with E-state index >= 15 is 0 Å². The van der Waals surface area contributed by atoms with Crippen molar-refractivity contribution in [2.75, 3.05) is 0 Å². The molecule has 2 saturated carbocycles. The van der Waals surface area contributed by atoms with Crippen LogP contribution in [-0.2, 0) is 20.9 Å². The molecule has 2 fully saturated rings. The SMILES string of the molecule is CC(C)(C)[N]=[Ta].CCC1[CH-]C(C)CCC1.[CH-]1CCCCC1.[CH2-]C. The molecule has 23 heavy (non-hydrogen) atoms. The van der Waals surface area contributed by atoms with Crippen LogP contribution in [0, 0.1) is 31.6 Å². The van der Waals surface area contributed by atoms with Gasteiger partial charge in [0.2, 0.25) is 0 Å². The smallest absolute Gasteiger partial charge is 0.0577 e. The Bertz CT molecular complexity index is 229. The molecule has 2 unspecified atom stereocenters. The van der Waals surface area contributed by atoms with Crippen LogP contribution < -0.4 is 0 Å². The first-order valence-electron chi connectivity index (χ1n) is 9.62. The fourth-order valence-electron chi connectivity index (χ4n) is 2.60. The predicted octanol–water partition coefficient (Wildman–Crippen LogP) is 7.55. The van der Waals surface area contributed by atoms with Crippen LogP contribution in [0.3, 0.4) is 0 Å². The molecule has 0 spiro atoms. The van der Waals surface area contributed by atoms with Crippen LogP contribution in [0.15, 0.2) is 3.34 Å². The van der Waals surface area contributed by atoms with Gasteiger partial charge in [-0.2, -0.15) is 31.6 Å². The Morgan fingerprint density at radius 1 is 1.04 bits per heavy atom. The number of nitrogens with zero attached hydrogens (tertiary/aromatic N) is 1. The summed E-state index contributed by atoms with van der Waals surface area (Å²) >= 11 is 1.15. The molecular formula is C21H42NTa-3. The van der Waals surface area contributed by atoms with Crippen LogP contribution in [0.25, 0.3) is 0 Å². The minimum Gasteiger partial charge on any atom is -0.346 e. The Morgan fingerprint density at radius 2 is 1.57 bits per heavy atom. The Morgan fingerprint density at radius 3 is 1.78 bits per heavy atom. The van der Waals surface area contributed by atoms with E-state index in [9.17, 15) is 0 Å². The van der Waals surface area contributed by atoms with Crippen LogP contribution in [0.2, 0.25) is 0 Å². The van der Waals surface area contributed by atoms with E-state index in [1.165, 1.54) is 57.8 Å². The van der Waals surface area contributed by atoms with Crippen molar-refractivity contribution in [1.29, 1.82) is 0 Å². The van der Waals surface area contributed by atoms with Crippen molar-refractivity contribution in [2.45, 2.75) is 105 Å². The maximum absolute atomic E-state index is 4.13. The summed E-state index contributed by atoms with van der Waals surface area (Å²) in [5, 5.41) is 0. The molecule has 139 valence electrons. The second kappa shape index (κ2) is 17.4. The molecule has 2 heteroatoms. The molecule has 0 aromatic heterocycles. The minimum absolute atomic E-state index is 0.216. The van der Waals surface area contributed by atoms with Gasteiger partial charge in [-0.3, -0.25) is 0 Å². The molecule has 0 aliphatic heterocycles. The van der Waals surface area contributed by atoms with Crippen LogP contribution in [0.5, 0.6) is 0 Å². The van der Waals surface area contributed by atoms with Gasteiger partial charge in [-0.25, -0.2) is 0 Å². The van der Waals surface area contributed by atoms with Gasteiger partial charge in [0, 0.05) is 0 Å². The molecule has 0 bridgehead atoms. The fraction of sp³-hybridized carbons (Fsp3) is 0.857. The van der Waals surface area contributed by atoms with E-state index in [1.807, 2.05) is 0 Å². The summed E-state index contributed by atoms with van der Waals surface area (Å²) in [6, 6.07) is 0. The van der Waals surface area contributed by atoms with Gasteiger partial charge in [-0.05, 0) is 0 Å². The third-order valence-electron chi connectivity index (χ3n) is 3.98. The zero-order valence-electron chi connectivity index (χ0n) is 16.8. The average Bonchev–Trinajstić information content (AvgIpc) is 2.59. The molecule has 0 saturated heterocycles. The number of hydrogen-bond donors (Lipinski definition) is 0. The monoisotopic (exact) mass is 489 g/mol. The van der Waals surface area contributed by atoms with Gasteiger partial charge < -0.3 is 19.8 Å². The van der Waals surface area contributed by atoms with Gasteiger partial charge in [0.1, 0.15) is 0 Å². The first-order valence-corrected chi connectivity index (χ1v) is 11.1.